The normalized spacial score (nSPS) is 16.2. The van der Waals surface area contributed by atoms with E-state index in [1.165, 1.54) is 21.9 Å². The first kappa shape index (κ1) is 18.9. The van der Waals surface area contributed by atoms with Gasteiger partial charge < -0.3 is 4.90 Å². The molecule has 4 heteroatoms. The van der Waals surface area contributed by atoms with Crippen LogP contribution in [0.4, 0.5) is 0 Å². The van der Waals surface area contributed by atoms with Crippen LogP contribution in [0.5, 0.6) is 0 Å². The number of quaternary nitrogens is 1. The molecule has 0 unspecified atom stereocenters. The van der Waals surface area contributed by atoms with Gasteiger partial charge in [-0.25, -0.2) is 0 Å². The Morgan fingerprint density at radius 1 is 0.929 bits per heavy atom. The van der Waals surface area contributed by atoms with E-state index in [1.807, 2.05) is 24.4 Å². The SMILES string of the molecule is BrC(/C=N\N1CC[NH+](Cc2cccc3ccccc23)CC1)=C\c1ccccc1. The second-order valence-corrected chi connectivity index (χ2v) is 8.12. The summed E-state index contributed by atoms with van der Waals surface area (Å²) in [5.74, 6) is 0. The van der Waals surface area contributed by atoms with E-state index < -0.39 is 0 Å². The molecule has 0 amide bonds. The molecule has 1 fully saturated rings. The summed E-state index contributed by atoms with van der Waals surface area (Å²) in [6, 6.07) is 25.6. The van der Waals surface area contributed by atoms with Crippen molar-refractivity contribution in [3.63, 3.8) is 0 Å². The molecule has 1 N–H and O–H groups in total. The Hall–Kier alpha value is -2.43. The molecule has 28 heavy (non-hydrogen) atoms. The minimum absolute atomic E-state index is 0.988. The molecule has 0 aromatic heterocycles. The van der Waals surface area contributed by atoms with Gasteiger partial charge in [0.25, 0.3) is 0 Å². The second kappa shape index (κ2) is 9.18. The van der Waals surface area contributed by atoms with Crippen molar-refractivity contribution in [2.24, 2.45) is 5.10 Å². The van der Waals surface area contributed by atoms with Crippen LogP contribution in [-0.4, -0.2) is 37.4 Å². The predicted octanol–water partition coefficient (Wildman–Crippen LogP) is 3.96. The van der Waals surface area contributed by atoms with E-state index in [1.54, 1.807) is 4.90 Å². The number of rotatable bonds is 5. The van der Waals surface area contributed by atoms with Crippen molar-refractivity contribution in [2.75, 3.05) is 26.2 Å². The molecule has 3 aromatic carbocycles. The summed E-state index contributed by atoms with van der Waals surface area (Å²) in [5.41, 5.74) is 2.61. The van der Waals surface area contributed by atoms with Crippen molar-refractivity contribution in [1.82, 2.24) is 5.01 Å². The number of nitrogens with one attached hydrogen (secondary N) is 1. The first-order valence-corrected chi connectivity index (χ1v) is 10.6. The van der Waals surface area contributed by atoms with E-state index in [9.17, 15) is 0 Å². The quantitative estimate of drug-likeness (QED) is 0.602. The lowest BCUT2D eigenvalue weighted by atomic mass is 10.0. The third-order valence-electron chi connectivity index (χ3n) is 5.22. The number of nitrogens with zero attached hydrogens (tertiary/aromatic N) is 2. The lowest BCUT2D eigenvalue weighted by Crippen LogP contribution is -3.13. The highest BCUT2D eigenvalue weighted by Crippen LogP contribution is 2.17. The first-order chi connectivity index (χ1) is 13.8. The van der Waals surface area contributed by atoms with Crippen molar-refractivity contribution in [1.29, 1.82) is 0 Å². The summed E-state index contributed by atoms with van der Waals surface area (Å²) >= 11 is 3.60. The maximum absolute atomic E-state index is 4.65. The van der Waals surface area contributed by atoms with Gasteiger partial charge >= 0.3 is 0 Å². The zero-order valence-electron chi connectivity index (χ0n) is 15.9. The van der Waals surface area contributed by atoms with Crippen LogP contribution in [0, 0.1) is 0 Å². The molecule has 0 bridgehead atoms. The summed E-state index contributed by atoms with van der Waals surface area (Å²) in [4.78, 5) is 1.63. The third kappa shape index (κ3) is 4.89. The summed E-state index contributed by atoms with van der Waals surface area (Å²) in [6.07, 6.45) is 3.99. The van der Waals surface area contributed by atoms with Crippen LogP contribution >= 0.6 is 15.9 Å². The molecule has 3 nitrogen and oxygen atoms in total. The summed E-state index contributed by atoms with van der Waals surface area (Å²) < 4.78 is 0.990. The van der Waals surface area contributed by atoms with E-state index in [4.69, 9.17) is 0 Å². The van der Waals surface area contributed by atoms with Crippen molar-refractivity contribution in [2.45, 2.75) is 6.54 Å². The molecular weight excluding hydrogens is 410 g/mol. The number of allylic oxidation sites excluding steroid dienone is 1. The maximum Gasteiger partial charge on any atom is 0.104 e. The van der Waals surface area contributed by atoms with Crippen LogP contribution in [0.3, 0.4) is 0 Å². The Morgan fingerprint density at radius 3 is 2.46 bits per heavy atom. The Kier molecular flexibility index (Phi) is 6.20. The zero-order chi connectivity index (χ0) is 19.2. The fourth-order valence-corrected chi connectivity index (χ4v) is 4.06. The third-order valence-corrected chi connectivity index (χ3v) is 5.65. The molecular formula is C24H25BrN3+. The Bertz CT molecular complexity index is 968. The lowest BCUT2D eigenvalue weighted by molar-refractivity contribution is -0.918. The summed E-state index contributed by atoms with van der Waals surface area (Å²) in [6.45, 7) is 5.28. The second-order valence-electron chi connectivity index (χ2n) is 7.20. The van der Waals surface area contributed by atoms with Gasteiger partial charge in [-0.3, -0.25) is 5.01 Å². The van der Waals surface area contributed by atoms with E-state index in [0.717, 1.165) is 37.2 Å². The van der Waals surface area contributed by atoms with Gasteiger partial charge in [-0.2, -0.15) is 5.10 Å². The molecule has 0 spiro atoms. The molecule has 1 aliphatic rings. The molecule has 0 saturated carbocycles. The van der Waals surface area contributed by atoms with E-state index in [2.05, 4.69) is 86.7 Å². The lowest BCUT2D eigenvalue weighted by Gasteiger charge is -2.30. The van der Waals surface area contributed by atoms with Gasteiger partial charge in [-0.05, 0) is 38.3 Å². The monoisotopic (exact) mass is 434 g/mol. The number of hydrazone groups is 1. The molecule has 0 atom stereocenters. The minimum atomic E-state index is 0.988. The number of hydrogen-bond acceptors (Lipinski definition) is 2. The smallest absolute Gasteiger partial charge is 0.104 e. The molecule has 0 radical (unpaired) electrons. The van der Waals surface area contributed by atoms with E-state index in [-0.39, 0.29) is 0 Å². The molecule has 1 aliphatic heterocycles. The topological polar surface area (TPSA) is 20.0 Å². The van der Waals surface area contributed by atoms with Crippen molar-refractivity contribution in [3.05, 3.63) is 88.4 Å². The number of halogens is 1. The summed E-state index contributed by atoms with van der Waals surface area (Å²) in [5, 5.41) is 9.54. The van der Waals surface area contributed by atoms with Gasteiger partial charge in [0.1, 0.15) is 6.54 Å². The Morgan fingerprint density at radius 2 is 1.64 bits per heavy atom. The van der Waals surface area contributed by atoms with Crippen molar-refractivity contribution in [3.8, 4) is 0 Å². The van der Waals surface area contributed by atoms with Crippen LogP contribution in [0.15, 0.2) is 82.4 Å². The van der Waals surface area contributed by atoms with Crippen LogP contribution in [0.2, 0.25) is 0 Å². The molecule has 0 aliphatic carbocycles. The highest BCUT2D eigenvalue weighted by Gasteiger charge is 2.19. The zero-order valence-corrected chi connectivity index (χ0v) is 17.5. The highest BCUT2D eigenvalue weighted by atomic mass is 79.9. The Labute approximate surface area is 175 Å². The van der Waals surface area contributed by atoms with Crippen molar-refractivity contribution < 1.29 is 4.90 Å². The largest absolute Gasteiger partial charge is 0.328 e. The molecule has 4 rings (SSSR count). The number of piperazine rings is 1. The standard InChI is InChI=1S/C24H24BrN3/c25-23(17-20-7-2-1-3-8-20)18-26-28-15-13-27(14-16-28)19-22-11-6-10-21-9-4-5-12-24(21)22/h1-12,17-18H,13-16,19H2/p+1/b23-17-,26-18-. The fourth-order valence-electron chi connectivity index (χ4n) is 3.70. The maximum atomic E-state index is 4.65. The van der Waals surface area contributed by atoms with Gasteiger partial charge in [-0.1, -0.05) is 72.8 Å². The summed E-state index contributed by atoms with van der Waals surface area (Å²) in [7, 11) is 0. The van der Waals surface area contributed by atoms with E-state index >= 15 is 0 Å². The minimum Gasteiger partial charge on any atom is -0.328 e. The van der Waals surface area contributed by atoms with Gasteiger partial charge in [0.05, 0.1) is 32.4 Å². The first-order valence-electron chi connectivity index (χ1n) is 9.79. The van der Waals surface area contributed by atoms with Crippen LogP contribution < -0.4 is 4.90 Å². The fraction of sp³-hybridized carbons (Fsp3) is 0.208. The molecule has 142 valence electrons. The van der Waals surface area contributed by atoms with Gasteiger partial charge in [0.2, 0.25) is 0 Å². The Balaban J connectivity index is 1.33. The average molecular weight is 435 g/mol. The van der Waals surface area contributed by atoms with Crippen molar-refractivity contribution >= 4 is 39.0 Å². The van der Waals surface area contributed by atoms with Gasteiger partial charge in [0.15, 0.2) is 0 Å². The van der Waals surface area contributed by atoms with Gasteiger partial charge in [-0.15, -0.1) is 0 Å². The molecule has 3 aromatic rings. The van der Waals surface area contributed by atoms with E-state index in [0.29, 0.717) is 0 Å². The number of fused-ring (bicyclic) bond motifs is 1. The van der Waals surface area contributed by atoms with Gasteiger partial charge in [0, 0.05) is 10.0 Å². The number of hydrogen-bond donors (Lipinski definition) is 1. The predicted molar refractivity (Wildman–Crippen MR) is 122 cm³/mol. The van der Waals surface area contributed by atoms with Crippen LogP contribution in [-0.2, 0) is 6.54 Å². The van der Waals surface area contributed by atoms with Crippen LogP contribution in [0.1, 0.15) is 11.1 Å². The molecule has 1 saturated heterocycles. The highest BCUT2D eigenvalue weighted by molar-refractivity contribution is 9.12. The number of benzene rings is 3. The van der Waals surface area contributed by atoms with Crippen LogP contribution in [0.25, 0.3) is 16.8 Å². The average Bonchev–Trinajstić information content (AvgIpc) is 2.74. The molecule has 1 heterocycles.